The molecule has 3 aromatic rings. The van der Waals surface area contributed by atoms with Crippen LogP contribution in [0.1, 0.15) is 47.7 Å². The Bertz CT molecular complexity index is 1110. The smallest absolute Gasteiger partial charge is 0.338 e. The maximum atomic E-state index is 12.3. The second-order valence-electron chi connectivity index (χ2n) is 6.67. The molecule has 0 aliphatic rings. The second kappa shape index (κ2) is 10.8. The number of anilines is 1. The zero-order valence-electron chi connectivity index (χ0n) is 17.4. The van der Waals surface area contributed by atoms with Crippen molar-refractivity contribution in [1.82, 2.24) is 14.6 Å². The van der Waals surface area contributed by atoms with Gasteiger partial charge in [-0.15, -0.1) is 0 Å². The van der Waals surface area contributed by atoms with Crippen LogP contribution < -0.4 is 10.9 Å². The maximum absolute atomic E-state index is 12.3. The molecule has 1 N–H and O–H groups in total. The zero-order valence-corrected chi connectivity index (χ0v) is 18.2. The Kier molecular flexibility index (Phi) is 7.85. The van der Waals surface area contributed by atoms with Crippen molar-refractivity contribution in [3.63, 3.8) is 0 Å². The largest absolute Gasteiger partial charge is 0.456 e. The summed E-state index contributed by atoms with van der Waals surface area (Å²) in [7, 11) is 0. The first-order chi connectivity index (χ1) is 15.0. The van der Waals surface area contributed by atoms with Crippen LogP contribution in [0.5, 0.6) is 0 Å². The molecule has 0 saturated carbocycles. The Morgan fingerprint density at radius 3 is 2.68 bits per heavy atom. The molecule has 2 aromatic heterocycles. The highest BCUT2D eigenvalue weighted by Gasteiger charge is 2.12. The van der Waals surface area contributed by atoms with E-state index in [1.807, 2.05) is 13.8 Å². The lowest BCUT2D eigenvalue weighted by Gasteiger charge is -2.07. The van der Waals surface area contributed by atoms with E-state index in [0.29, 0.717) is 48.0 Å². The molecule has 2 heterocycles. The highest BCUT2D eigenvalue weighted by molar-refractivity contribution is 7.16. The molecule has 0 atom stereocenters. The van der Waals surface area contributed by atoms with Gasteiger partial charge >= 0.3 is 5.97 Å². The quantitative estimate of drug-likeness (QED) is 0.378. The molecule has 0 radical (unpaired) electrons. The van der Waals surface area contributed by atoms with Gasteiger partial charge in [0.2, 0.25) is 10.9 Å². The van der Waals surface area contributed by atoms with Gasteiger partial charge < -0.3 is 14.8 Å². The van der Waals surface area contributed by atoms with Crippen LogP contribution in [-0.2, 0) is 27.3 Å². The molecule has 3 rings (SSSR count). The average molecular weight is 445 g/mol. The van der Waals surface area contributed by atoms with Crippen molar-refractivity contribution in [2.45, 2.75) is 39.7 Å². The van der Waals surface area contributed by atoms with E-state index < -0.39 is 5.97 Å². The van der Waals surface area contributed by atoms with Gasteiger partial charge in [0, 0.05) is 31.2 Å². The van der Waals surface area contributed by atoms with Gasteiger partial charge in [-0.25, -0.2) is 9.78 Å². The molecule has 1 amide bonds. The Morgan fingerprint density at radius 1 is 1.19 bits per heavy atom. The van der Waals surface area contributed by atoms with Gasteiger partial charge in [-0.3, -0.25) is 9.59 Å². The van der Waals surface area contributed by atoms with Gasteiger partial charge in [0.05, 0.1) is 17.9 Å². The van der Waals surface area contributed by atoms with Gasteiger partial charge in [-0.2, -0.15) is 9.61 Å². The van der Waals surface area contributed by atoms with Crippen molar-refractivity contribution in [3.8, 4) is 0 Å². The number of aromatic nitrogens is 3. The molecule has 31 heavy (non-hydrogen) atoms. The molecular formula is C21H24N4O5S. The summed E-state index contributed by atoms with van der Waals surface area (Å²) in [6.07, 6.45) is 1.80. The molecule has 0 saturated heterocycles. The Balaban J connectivity index is 1.61. The van der Waals surface area contributed by atoms with E-state index in [4.69, 9.17) is 9.47 Å². The molecule has 164 valence electrons. The van der Waals surface area contributed by atoms with E-state index >= 15 is 0 Å². The average Bonchev–Trinajstić information content (AvgIpc) is 3.16. The van der Waals surface area contributed by atoms with Crippen LogP contribution in [0.15, 0.2) is 35.1 Å². The molecule has 0 aliphatic heterocycles. The molecule has 0 unspecified atom stereocenters. The van der Waals surface area contributed by atoms with Crippen LogP contribution in [0.3, 0.4) is 0 Å². The summed E-state index contributed by atoms with van der Waals surface area (Å²) < 4.78 is 11.8. The number of nitrogens with zero attached hydrogens (tertiary/aromatic N) is 3. The van der Waals surface area contributed by atoms with Crippen LogP contribution in [0.25, 0.3) is 4.96 Å². The number of carbonyl (C=O) groups is 2. The number of benzene rings is 1. The fourth-order valence-electron chi connectivity index (χ4n) is 2.74. The summed E-state index contributed by atoms with van der Waals surface area (Å²) in [4.78, 5) is 41.0. The van der Waals surface area contributed by atoms with E-state index in [9.17, 15) is 14.4 Å². The normalized spacial score (nSPS) is 10.9. The number of nitrogens with one attached hydrogen (secondary N) is 1. The number of carbonyl (C=O) groups excluding carboxylic acids is 2. The van der Waals surface area contributed by atoms with Crippen molar-refractivity contribution < 1.29 is 19.1 Å². The zero-order chi connectivity index (χ0) is 22.2. The Morgan fingerprint density at radius 2 is 1.97 bits per heavy atom. The lowest BCUT2D eigenvalue weighted by Crippen LogP contribution is -2.17. The first-order valence-corrected chi connectivity index (χ1v) is 10.8. The number of ether oxygens (including phenoxy) is 2. The third-order valence-corrected chi connectivity index (χ3v) is 5.21. The minimum Gasteiger partial charge on any atom is -0.456 e. The van der Waals surface area contributed by atoms with Gasteiger partial charge in [0.15, 0.2) is 0 Å². The van der Waals surface area contributed by atoms with E-state index in [1.165, 1.54) is 21.9 Å². The summed E-state index contributed by atoms with van der Waals surface area (Å²) in [6, 6.07) is 7.73. The summed E-state index contributed by atoms with van der Waals surface area (Å²) in [5.74, 6) is -0.621. The number of fused-ring (bicyclic) bond motifs is 1. The molecule has 0 spiro atoms. The minimum absolute atomic E-state index is 0.0744. The highest BCUT2D eigenvalue weighted by atomic mass is 32.1. The van der Waals surface area contributed by atoms with Crippen LogP contribution in [0.4, 0.5) is 5.69 Å². The number of rotatable bonds is 10. The number of hydrogen-bond donors (Lipinski definition) is 1. The third-order valence-electron chi connectivity index (χ3n) is 4.24. The van der Waals surface area contributed by atoms with E-state index in [0.717, 1.165) is 11.4 Å². The van der Waals surface area contributed by atoms with Crippen molar-refractivity contribution in [3.05, 3.63) is 57.0 Å². The number of amides is 1. The second-order valence-corrected chi connectivity index (χ2v) is 7.71. The Hall–Kier alpha value is -3.11. The van der Waals surface area contributed by atoms with E-state index in [2.05, 4.69) is 15.4 Å². The molecule has 10 heteroatoms. The lowest BCUT2D eigenvalue weighted by atomic mass is 10.2. The van der Waals surface area contributed by atoms with Crippen LogP contribution in [0.2, 0.25) is 0 Å². The predicted molar refractivity (Wildman–Crippen MR) is 116 cm³/mol. The summed E-state index contributed by atoms with van der Waals surface area (Å²) in [5.41, 5.74) is 0.965. The fraction of sp³-hybridized carbons (Fsp3) is 0.381. The highest BCUT2D eigenvalue weighted by Crippen LogP contribution is 2.14. The monoisotopic (exact) mass is 444 g/mol. The first-order valence-electron chi connectivity index (χ1n) is 10.0. The fourth-order valence-corrected chi connectivity index (χ4v) is 3.64. The van der Waals surface area contributed by atoms with E-state index in [1.54, 1.807) is 24.3 Å². The topological polar surface area (TPSA) is 112 Å². The maximum Gasteiger partial charge on any atom is 0.338 e. The van der Waals surface area contributed by atoms with Crippen LogP contribution >= 0.6 is 11.3 Å². The summed E-state index contributed by atoms with van der Waals surface area (Å²) >= 11 is 1.30. The van der Waals surface area contributed by atoms with Gasteiger partial charge in [0.25, 0.3) is 5.56 Å². The summed E-state index contributed by atoms with van der Waals surface area (Å²) in [5, 5.41) is 7.76. The molecule has 0 bridgehead atoms. The third kappa shape index (κ3) is 6.19. The number of hydrogen-bond acceptors (Lipinski definition) is 8. The van der Waals surface area contributed by atoms with Crippen molar-refractivity contribution >= 4 is 33.9 Å². The molecule has 0 aliphatic carbocycles. The predicted octanol–water partition coefficient (Wildman–Crippen LogP) is 2.83. The van der Waals surface area contributed by atoms with Crippen LogP contribution in [0, 0.1) is 0 Å². The molecule has 9 nitrogen and oxygen atoms in total. The molecular weight excluding hydrogens is 420 g/mol. The SMILES string of the molecule is CCCC(=O)Nc1ccc(C(=O)OCc2cc(=O)n3nc(CCOCC)sc3n2)cc1. The lowest BCUT2D eigenvalue weighted by molar-refractivity contribution is -0.116. The van der Waals surface area contributed by atoms with Crippen molar-refractivity contribution in [2.24, 2.45) is 0 Å². The first kappa shape index (κ1) is 22.6. The molecule has 1 aromatic carbocycles. The van der Waals surface area contributed by atoms with Gasteiger partial charge in [0.1, 0.15) is 11.6 Å². The minimum atomic E-state index is -0.546. The summed E-state index contributed by atoms with van der Waals surface area (Å²) in [6.45, 7) is 4.85. The van der Waals surface area contributed by atoms with Gasteiger partial charge in [-0.1, -0.05) is 18.3 Å². The Labute approximate surface area is 183 Å². The molecule has 0 fully saturated rings. The standard InChI is InChI=1S/C21H24N4O5S/c1-3-5-17(26)22-15-8-6-14(7-9-15)20(28)30-13-16-12-19(27)25-21(23-16)31-18(24-25)10-11-29-4-2/h6-9,12H,3-5,10-11,13H2,1-2H3,(H,22,26). The van der Waals surface area contributed by atoms with Gasteiger partial charge in [-0.05, 0) is 37.6 Å². The number of esters is 1. The van der Waals surface area contributed by atoms with Crippen molar-refractivity contribution in [1.29, 1.82) is 0 Å². The van der Waals surface area contributed by atoms with E-state index in [-0.39, 0.29) is 18.1 Å². The van der Waals surface area contributed by atoms with Crippen LogP contribution in [-0.4, -0.2) is 39.7 Å². The van der Waals surface area contributed by atoms with Crippen molar-refractivity contribution in [2.75, 3.05) is 18.5 Å².